The van der Waals surface area contributed by atoms with Crippen molar-refractivity contribution in [3.63, 3.8) is 0 Å². The van der Waals surface area contributed by atoms with Gasteiger partial charge in [-0.3, -0.25) is 9.78 Å². The van der Waals surface area contributed by atoms with Gasteiger partial charge in [0.2, 0.25) is 0 Å². The zero-order valence-electron chi connectivity index (χ0n) is 9.18. The standard InChI is InChI=1S/C13H14N2O/c1-2-12(14)13(16)11-8-15-7-9-5-3-4-6-10(9)11/h3-8,12H,2,14H2,1H3. The Morgan fingerprint density at radius 2 is 2.12 bits per heavy atom. The lowest BCUT2D eigenvalue weighted by Gasteiger charge is -2.09. The lowest BCUT2D eigenvalue weighted by Crippen LogP contribution is -2.29. The molecule has 1 unspecified atom stereocenters. The molecule has 3 heteroatoms. The highest BCUT2D eigenvalue weighted by Gasteiger charge is 2.16. The molecule has 0 radical (unpaired) electrons. The Bertz CT molecular complexity index is 517. The number of fused-ring (bicyclic) bond motifs is 1. The summed E-state index contributed by atoms with van der Waals surface area (Å²) in [5.74, 6) is -0.0354. The lowest BCUT2D eigenvalue weighted by molar-refractivity contribution is 0.0961. The van der Waals surface area contributed by atoms with Gasteiger partial charge in [0.15, 0.2) is 5.78 Å². The molecule has 0 saturated carbocycles. The van der Waals surface area contributed by atoms with Crippen molar-refractivity contribution < 1.29 is 4.79 Å². The quantitative estimate of drug-likeness (QED) is 0.796. The summed E-state index contributed by atoms with van der Waals surface area (Å²) in [4.78, 5) is 16.1. The van der Waals surface area contributed by atoms with E-state index in [0.717, 1.165) is 10.8 Å². The lowest BCUT2D eigenvalue weighted by atomic mass is 9.99. The van der Waals surface area contributed by atoms with E-state index in [0.29, 0.717) is 12.0 Å². The monoisotopic (exact) mass is 214 g/mol. The maximum atomic E-state index is 12.0. The molecule has 1 heterocycles. The number of nitrogens with two attached hydrogens (primary N) is 1. The van der Waals surface area contributed by atoms with Gasteiger partial charge >= 0.3 is 0 Å². The van der Waals surface area contributed by atoms with Gasteiger partial charge in [-0.25, -0.2) is 0 Å². The molecule has 0 amide bonds. The summed E-state index contributed by atoms with van der Waals surface area (Å²) in [5, 5.41) is 1.89. The van der Waals surface area contributed by atoms with Crippen LogP contribution in [0.4, 0.5) is 0 Å². The van der Waals surface area contributed by atoms with Crippen molar-refractivity contribution in [1.82, 2.24) is 4.98 Å². The third-order valence-corrected chi connectivity index (χ3v) is 2.71. The zero-order chi connectivity index (χ0) is 11.5. The van der Waals surface area contributed by atoms with Gasteiger partial charge in [-0.05, 0) is 11.8 Å². The Kier molecular flexibility index (Phi) is 2.97. The van der Waals surface area contributed by atoms with Crippen LogP contribution in [0.15, 0.2) is 36.7 Å². The number of rotatable bonds is 3. The predicted molar refractivity (Wildman–Crippen MR) is 64.3 cm³/mol. The Morgan fingerprint density at radius 3 is 2.88 bits per heavy atom. The highest BCUT2D eigenvalue weighted by Crippen LogP contribution is 2.18. The van der Waals surface area contributed by atoms with Crippen molar-refractivity contribution in [3.05, 3.63) is 42.2 Å². The van der Waals surface area contributed by atoms with Crippen LogP contribution in [0.3, 0.4) is 0 Å². The molecule has 0 aliphatic rings. The molecule has 2 aromatic rings. The summed E-state index contributed by atoms with van der Waals surface area (Å²) in [6.45, 7) is 1.90. The number of aromatic nitrogens is 1. The van der Waals surface area contributed by atoms with E-state index in [4.69, 9.17) is 5.73 Å². The van der Waals surface area contributed by atoms with Crippen molar-refractivity contribution in [3.8, 4) is 0 Å². The van der Waals surface area contributed by atoms with Crippen LogP contribution >= 0.6 is 0 Å². The van der Waals surface area contributed by atoms with Gasteiger partial charge < -0.3 is 5.73 Å². The first-order valence-corrected chi connectivity index (χ1v) is 5.36. The van der Waals surface area contributed by atoms with Crippen LogP contribution in [0.5, 0.6) is 0 Å². The van der Waals surface area contributed by atoms with Gasteiger partial charge in [-0.2, -0.15) is 0 Å². The number of carbonyl (C=O) groups is 1. The van der Waals surface area contributed by atoms with E-state index in [-0.39, 0.29) is 5.78 Å². The molecule has 82 valence electrons. The maximum Gasteiger partial charge on any atom is 0.181 e. The highest BCUT2D eigenvalue weighted by atomic mass is 16.1. The van der Waals surface area contributed by atoms with Crippen LogP contribution in [0.2, 0.25) is 0 Å². The summed E-state index contributed by atoms with van der Waals surface area (Å²) >= 11 is 0. The van der Waals surface area contributed by atoms with Crippen molar-refractivity contribution >= 4 is 16.6 Å². The molecule has 0 aliphatic carbocycles. The molecule has 0 aliphatic heterocycles. The van der Waals surface area contributed by atoms with E-state index in [1.807, 2.05) is 31.2 Å². The van der Waals surface area contributed by atoms with Gasteiger partial charge in [-0.1, -0.05) is 31.2 Å². The first-order chi connectivity index (χ1) is 7.74. The Labute approximate surface area is 94.3 Å². The molecular weight excluding hydrogens is 200 g/mol. The molecule has 1 aromatic heterocycles. The SMILES string of the molecule is CCC(N)C(=O)c1cncc2ccccc12. The second-order valence-electron chi connectivity index (χ2n) is 3.79. The topological polar surface area (TPSA) is 56.0 Å². The summed E-state index contributed by atoms with van der Waals surface area (Å²) in [6.07, 6.45) is 3.99. The van der Waals surface area contributed by atoms with Crippen LogP contribution in [0.1, 0.15) is 23.7 Å². The number of hydrogen-bond donors (Lipinski definition) is 1. The third-order valence-electron chi connectivity index (χ3n) is 2.71. The summed E-state index contributed by atoms with van der Waals surface area (Å²) < 4.78 is 0. The molecule has 0 fully saturated rings. The van der Waals surface area contributed by atoms with Gasteiger partial charge in [-0.15, -0.1) is 0 Å². The predicted octanol–water partition coefficient (Wildman–Crippen LogP) is 2.15. The number of ketones is 1. The number of Topliss-reactive ketones (excluding diaryl/α,β-unsaturated/α-hetero) is 1. The molecule has 16 heavy (non-hydrogen) atoms. The minimum atomic E-state index is -0.437. The molecule has 1 atom stereocenters. The van der Waals surface area contributed by atoms with Crippen molar-refractivity contribution in [2.24, 2.45) is 5.73 Å². The normalized spacial score (nSPS) is 12.6. The zero-order valence-corrected chi connectivity index (χ0v) is 9.18. The molecule has 0 saturated heterocycles. The third kappa shape index (κ3) is 1.82. The number of pyridine rings is 1. The van der Waals surface area contributed by atoms with Gasteiger partial charge in [0.05, 0.1) is 6.04 Å². The number of carbonyl (C=O) groups excluding carboxylic acids is 1. The average Bonchev–Trinajstić information content (AvgIpc) is 2.36. The Morgan fingerprint density at radius 1 is 1.38 bits per heavy atom. The van der Waals surface area contributed by atoms with Crippen molar-refractivity contribution in [2.45, 2.75) is 19.4 Å². The molecule has 0 bridgehead atoms. The van der Waals surface area contributed by atoms with Crippen molar-refractivity contribution in [2.75, 3.05) is 0 Å². The largest absolute Gasteiger partial charge is 0.321 e. The first-order valence-electron chi connectivity index (χ1n) is 5.36. The van der Waals surface area contributed by atoms with Crippen LogP contribution in [0.25, 0.3) is 10.8 Å². The van der Waals surface area contributed by atoms with Gasteiger partial charge in [0, 0.05) is 23.3 Å². The minimum Gasteiger partial charge on any atom is -0.321 e. The van der Waals surface area contributed by atoms with Gasteiger partial charge in [0.25, 0.3) is 0 Å². The van der Waals surface area contributed by atoms with Crippen LogP contribution in [-0.4, -0.2) is 16.8 Å². The van der Waals surface area contributed by atoms with Crippen LogP contribution < -0.4 is 5.73 Å². The van der Waals surface area contributed by atoms with E-state index >= 15 is 0 Å². The summed E-state index contributed by atoms with van der Waals surface area (Å²) in [7, 11) is 0. The number of benzene rings is 1. The molecular formula is C13H14N2O. The smallest absolute Gasteiger partial charge is 0.181 e. The van der Waals surface area contributed by atoms with E-state index < -0.39 is 6.04 Å². The van der Waals surface area contributed by atoms with E-state index in [9.17, 15) is 4.79 Å². The first kappa shape index (κ1) is 10.8. The van der Waals surface area contributed by atoms with Crippen LogP contribution in [-0.2, 0) is 0 Å². The van der Waals surface area contributed by atoms with E-state index in [1.54, 1.807) is 12.4 Å². The summed E-state index contributed by atoms with van der Waals surface area (Å²) in [6, 6.07) is 7.27. The molecule has 2 N–H and O–H groups in total. The number of hydrogen-bond acceptors (Lipinski definition) is 3. The van der Waals surface area contributed by atoms with Crippen LogP contribution in [0, 0.1) is 0 Å². The second-order valence-corrected chi connectivity index (χ2v) is 3.79. The fourth-order valence-electron chi connectivity index (χ4n) is 1.70. The highest BCUT2D eigenvalue weighted by molar-refractivity contribution is 6.09. The van der Waals surface area contributed by atoms with Gasteiger partial charge in [0.1, 0.15) is 0 Å². The molecule has 1 aromatic carbocycles. The second kappa shape index (κ2) is 4.41. The molecule has 3 nitrogen and oxygen atoms in total. The fraction of sp³-hybridized carbons (Fsp3) is 0.231. The molecule has 2 rings (SSSR count). The molecule has 0 spiro atoms. The van der Waals surface area contributed by atoms with Crippen molar-refractivity contribution in [1.29, 1.82) is 0 Å². The maximum absolute atomic E-state index is 12.0. The summed E-state index contributed by atoms with van der Waals surface area (Å²) in [5.41, 5.74) is 6.38. The number of nitrogens with zero attached hydrogens (tertiary/aromatic N) is 1. The minimum absolute atomic E-state index is 0.0354. The Balaban J connectivity index is 2.56. The average molecular weight is 214 g/mol. The fourth-order valence-corrected chi connectivity index (χ4v) is 1.70. The Hall–Kier alpha value is -1.74. The van der Waals surface area contributed by atoms with E-state index in [2.05, 4.69) is 4.98 Å². The van der Waals surface area contributed by atoms with E-state index in [1.165, 1.54) is 0 Å².